The Morgan fingerprint density at radius 3 is 2.14 bits per heavy atom. The fraction of sp³-hybridized carbons (Fsp3) is 0.474. The van der Waals surface area contributed by atoms with Crippen LogP contribution in [0.3, 0.4) is 0 Å². The van der Waals surface area contributed by atoms with Gasteiger partial charge in [-0.2, -0.15) is 0 Å². The standard InChI is InChI=1S/C19H22FN5O2S/c20-15-5-3-14(4-6-15)13-16-21-22-19(28-16)25-11-9-24(10-12-25)18(27)17(26)23-7-1-2-8-23/h3-6H,1-2,7-13H2. The van der Waals surface area contributed by atoms with Crippen molar-refractivity contribution in [3.05, 3.63) is 40.7 Å². The van der Waals surface area contributed by atoms with Gasteiger partial charge in [-0.3, -0.25) is 9.59 Å². The fourth-order valence-corrected chi connectivity index (χ4v) is 4.44. The van der Waals surface area contributed by atoms with Crippen LogP contribution in [0.15, 0.2) is 24.3 Å². The Morgan fingerprint density at radius 2 is 1.50 bits per heavy atom. The summed E-state index contributed by atoms with van der Waals surface area (Å²) in [4.78, 5) is 30.1. The fourth-order valence-electron chi connectivity index (χ4n) is 3.51. The van der Waals surface area contributed by atoms with E-state index in [0.717, 1.165) is 28.5 Å². The maximum atomic E-state index is 13.0. The van der Waals surface area contributed by atoms with Crippen molar-refractivity contribution in [1.82, 2.24) is 20.0 Å². The molecule has 28 heavy (non-hydrogen) atoms. The number of aromatic nitrogens is 2. The van der Waals surface area contributed by atoms with Gasteiger partial charge < -0.3 is 14.7 Å². The zero-order valence-electron chi connectivity index (χ0n) is 15.5. The molecule has 0 radical (unpaired) electrons. The van der Waals surface area contributed by atoms with Gasteiger partial charge in [0.05, 0.1) is 0 Å². The minimum Gasteiger partial charge on any atom is -0.343 e. The van der Waals surface area contributed by atoms with E-state index in [0.29, 0.717) is 45.7 Å². The number of anilines is 1. The van der Waals surface area contributed by atoms with Gasteiger partial charge in [0.15, 0.2) is 0 Å². The van der Waals surface area contributed by atoms with Crippen molar-refractivity contribution in [1.29, 1.82) is 0 Å². The molecule has 2 aliphatic heterocycles. The molecule has 9 heteroatoms. The number of halogens is 1. The number of amides is 2. The third kappa shape index (κ3) is 4.14. The van der Waals surface area contributed by atoms with Crippen molar-refractivity contribution in [2.75, 3.05) is 44.2 Å². The quantitative estimate of drug-likeness (QED) is 0.727. The maximum absolute atomic E-state index is 13.0. The minimum absolute atomic E-state index is 0.252. The van der Waals surface area contributed by atoms with Crippen LogP contribution in [0.5, 0.6) is 0 Å². The number of benzene rings is 1. The molecule has 0 unspecified atom stereocenters. The van der Waals surface area contributed by atoms with Gasteiger partial charge in [0.2, 0.25) is 5.13 Å². The molecule has 2 amide bonds. The monoisotopic (exact) mass is 403 g/mol. The van der Waals surface area contributed by atoms with Crippen molar-refractivity contribution in [2.45, 2.75) is 19.3 Å². The lowest BCUT2D eigenvalue weighted by Gasteiger charge is -2.34. The molecule has 2 aliphatic rings. The number of nitrogens with zero attached hydrogens (tertiary/aromatic N) is 5. The highest BCUT2D eigenvalue weighted by atomic mass is 32.1. The summed E-state index contributed by atoms with van der Waals surface area (Å²) in [7, 11) is 0. The highest BCUT2D eigenvalue weighted by Crippen LogP contribution is 2.24. The van der Waals surface area contributed by atoms with E-state index in [4.69, 9.17) is 0 Å². The van der Waals surface area contributed by atoms with Gasteiger partial charge in [0, 0.05) is 45.7 Å². The molecule has 0 N–H and O–H groups in total. The lowest BCUT2D eigenvalue weighted by molar-refractivity contribution is -0.151. The second-order valence-corrected chi connectivity index (χ2v) is 8.10. The molecular weight excluding hydrogens is 381 g/mol. The van der Waals surface area contributed by atoms with E-state index in [1.165, 1.54) is 23.5 Å². The summed E-state index contributed by atoms with van der Waals surface area (Å²) >= 11 is 1.51. The van der Waals surface area contributed by atoms with Crippen molar-refractivity contribution in [3.8, 4) is 0 Å². The molecule has 3 heterocycles. The molecule has 2 aromatic rings. The number of hydrogen-bond acceptors (Lipinski definition) is 6. The van der Waals surface area contributed by atoms with E-state index in [1.54, 1.807) is 21.9 Å². The van der Waals surface area contributed by atoms with Gasteiger partial charge in [-0.1, -0.05) is 23.5 Å². The summed E-state index contributed by atoms with van der Waals surface area (Å²) in [6.07, 6.45) is 2.56. The molecule has 0 spiro atoms. The second-order valence-electron chi connectivity index (χ2n) is 7.06. The van der Waals surface area contributed by atoms with Gasteiger partial charge in [0.25, 0.3) is 0 Å². The summed E-state index contributed by atoms with van der Waals surface area (Å²) < 4.78 is 13.0. The summed E-state index contributed by atoms with van der Waals surface area (Å²) in [5.41, 5.74) is 0.986. The average Bonchev–Trinajstić information content (AvgIpc) is 3.41. The predicted octanol–water partition coefficient (Wildman–Crippen LogP) is 1.54. The van der Waals surface area contributed by atoms with E-state index in [9.17, 15) is 14.0 Å². The Kier molecular flexibility index (Phi) is 5.52. The first-order chi connectivity index (χ1) is 13.6. The first-order valence-corrected chi connectivity index (χ1v) is 10.3. The average molecular weight is 403 g/mol. The topological polar surface area (TPSA) is 69.6 Å². The number of likely N-dealkylation sites (tertiary alicyclic amines) is 1. The number of piperazine rings is 1. The number of rotatable bonds is 3. The van der Waals surface area contributed by atoms with Crippen LogP contribution in [0.2, 0.25) is 0 Å². The van der Waals surface area contributed by atoms with Crippen LogP contribution in [0.1, 0.15) is 23.4 Å². The van der Waals surface area contributed by atoms with Gasteiger partial charge in [-0.15, -0.1) is 10.2 Å². The predicted molar refractivity (Wildman–Crippen MR) is 104 cm³/mol. The molecule has 2 saturated heterocycles. The summed E-state index contributed by atoms with van der Waals surface area (Å²) in [6.45, 7) is 3.64. The highest BCUT2D eigenvalue weighted by Gasteiger charge is 2.31. The SMILES string of the molecule is O=C(C(=O)N1CCN(c2nnc(Cc3ccc(F)cc3)s2)CC1)N1CCCC1. The van der Waals surface area contributed by atoms with E-state index in [-0.39, 0.29) is 11.7 Å². The molecule has 0 atom stereocenters. The Labute approximate surface area is 166 Å². The van der Waals surface area contributed by atoms with Crippen LogP contribution < -0.4 is 4.90 Å². The smallest absolute Gasteiger partial charge is 0.312 e. The second kappa shape index (κ2) is 8.22. The number of carbonyl (C=O) groups excluding carboxylic acids is 2. The molecule has 148 valence electrons. The van der Waals surface area contributed by atoms with Crippen LogP contribution in [0, 0.1) is 5.82 Å². The molecule has 4 rings (SSSR count). The molecule has 0 aliphatic carbocycles. The van der Waals surface area contributed by atoms with Crippen molar-refractivity contribution >= 4 is 28.3 Å². The molecule has 2 fully saturated rings. The zero-order chi connectivity index (χ0) is 19.5. The largest absolute Gasteiger partial charge is 0.343 e. The molecular formula is C19H22FN5O2S. The molecule has 1 aromatic heterocycles. The van der Waals surface area contributed by atoms with Crippen LogP contribution in [0.4, 0.5) is 9.52 Å². The summed E-state index contributed by atoms with van der Waals surface area (Å²) in [6, 6.07) is 6.38. The van der Waals surface area contributed by atoms with Crippen LogP contribution in [0.25, 0.3) is 0 Å². The van der Waals surface area contributed by atoms with Gasteiger partial charge in [-0.05, 0) is 30.5 Å². The highest BCUT2D eigenvalue weighted by molar-refractivity contribution is 7.15. The molecule has 1 aromatic carbocycles. The Hall–Kier alpha value is -2.55. The van der Waals surface area contributed by atoms with Crippen LogP contribution >= 0.6 is 11.3 Å². The number of carbonyl (C=O) groups is 2. The van der Waals surface area contributed by atoms with E-state index < -0.39 is 5.91 Å². The van der Waals surface area contributed by atoms with E-state index in [2.05, 4.69) is 15.1 Å². The van der Waals surface area contributed by atoms with Crippen LogP contribution in [-0.2, 0) is 16.0 Å². The third-order valence-electron chi connectivity index (χ3n) is 5.14. The minimum atomic E-state index is -0.393. The van der Waals surface area contributed by atoms with E-state index >= 15 is 0 Å². The van der Waals surface area contributed by atoms with Gasteiger partial charge in [0.1, 0.15) is 10.8 Å². The summed E-state index contributed by atoms with van der Waals surface area (Å²) in [5, 5.41) is 10.2. The first kappa shape index (κ1) is 18.8. The Morgan fingerprint density at radius 1 is 0.893 bits per heavy atom. The zero-order valence-corrected chi connectivity index (χ0v) is 16.3. The van der Waals surface area contributed by atoms with Crippen LogP contribution in [-0.4, -0.2) is 71.1 Å². The molecule has 0 bridgehead atoms. The van der Waals surface area contributed by atoms with Crippen molar-refractivity contribution in [2.24, 2.45) is 0 Å². The Bertz CT molecular complexity index is 842. The molecule has 0 saturated carbocycles. The van der Waals surface area contributed by atoms with Crippen molar-refractivity contribution < 1.29 is 14.0 Å². The number of hydrogen-bond donors (Lipinski definition) is 0. The maximum Gasteiger partial charge on any atom is 0.312 e. The normalized spacial score (nSPS) is 17.2. The van der Waals surface area contributed by atoms with E-state index in [1.807, 2.05) is 0 Å². The van der Waals surface area contributed by atoms with Crippen molar-refractivity contribution in [3.63, 3.8) is 0 Å². The lowest BCUT2D eigenvalue weighted by atomic mass is 10.2. The van der Waals surface area contributed by atoms with Gasteiger partial charge in [-0.25, -0.2) is 4.39 Å². The lowest BCUT2D eigenvalue weighted by Crippen LogP contribution is -2.53. The Balaban J connectivity index is 1.31. The molecule has 7 nitrogen and oxygen atoms in total. The van der Waals surface area contributed by atoms with Gasteiger partial charge >= 0.3 is 11.8 Å². The first-order valence-electron chi connectivity index (χ1n) is 9.50. The summed E-state index contributed by atoms with van der Waals surface area (Å²) in [5.74, 6) is -1.02. The third-order valence-corrected chi connectivity index (χ3v) is 6.12.